The van der Waals surface area contributed by atoms with E-state index in [1.54, 1.807) is 18.3 Å². The van der Waals surface area contributed by atoms with Crippen molar-refractivity contribution >= 4 is 38.8 Å². The van der Waals surface area contributed by atoms with Gasteiger partial charge in [-0.3, -0.25) is 14.8 Å². The summed E-state index contributed by atoms with van der Waals surface area (Å²) in [6.45, 7) is 12.0. The number of imidazole rings is 1. The van der Waals surface area contributed by atoms with Gasteiger partial charge in [0.2, 0.25) is 0 Å². The van der Waals surface area contributed by atoms with Gasteiger partial charge in [-0.25, -0.2) is 4.39 Å². The number of para-hydroxylation sites is 2. The predicted molar refractivity (Wildman–Crippen MR) is 268 cm³/mol. The summed E-state index contributed by atoms with van der Waals surface area (Å²) in [5, 5.41) is 10.5. The van der Waals surface area contributed by atoms with Crippen LogP contribution in [-0.4, -0.2) is 25.4 Å². The van der Waals surface area contributed by atoms with Gasteiger partial charge in [-0.1, -0.05) is 130 Å². The Morgan fingerprint density at radius 3 is 1.85 bits per heavy atom. The van der Waals surface area contributed by atoms with Crippen LogP contribution in [0.25, 0.3) is 83.6 Å². The first-order chi connectivity index (χ1) is 32.0. The Kier molecular flexibility index (Phi) is 15.2. The van der Waals surface area contributed by atoms with Crippen molar-refractivity contribution in [1.29, 1.82) is 0 Å². The zero-order valence-electron chi connectivity index (χ0n) is 38.3. The smallest absolute Gasteiger partial charge is 0.155 e. The van der Waals surface area contributed by atoms with E-state index in [2.05, 4.69) is 159 Å². The Morgan fingerprint density at radius 2 is 1.27 bits per heavy atom. The Labute approximate surface area is 404 Å². The van der Waals surface area contributed by atoms with Gasteiger partial charge in [-0.05, 0) is 126 Å². The second-order valence-corrected chi connectivity index (χ2v) is 16.8. The van der Waals surface area contributed by atoms with Crippen LogP contribution in [0.3, 0.4) is 0 Å². The molecule has 8 heteroatoms. The summed E-state index contributed by atoms with van der Waals surface area (Å²) in [6.07, 6.45) is 2.89. The molecule has 0 bridgehead atoms. The summed E-state index contributed by atoms with van der Waals surface area (Å²) >= 11 is 0. The average molecular weight is 1060 g/mol. The van der Waals surface area contributed by atoms with Crippen LogP contribution >= 0.6 is 0 Å². The molecule has 0 aliphatic carbocycles. The number of furan rings is 1. The van der Waals surface area contributed by atoms with E-state index in [1.807, 2.05) is 30.3 Å². The van der Waals surface area contributed by atoms with E-state index in [9.17, 15) is 9.18 Å². The number of rotatable bonds is 8. The van der Waals surface area contributed by atoms with Crippen LogP contribution in [0.1, 0.15) is 64.5 Å². The molecule has 6 nitrogen and oxygen atoms in total. The molecule has 10 rings (SSSR count). The van der Waals surface area contributed by atoms with Crippen LogP contribution in [0.15, 0.2) is 192 Å². The van der Waals surface area contributed by atoms with Crippen molar-refractivity contribution < 1.29 is 38.8 Å². The molecule has 0 fully saturated rings. The van der Waals surface area contributed by atoms with Gasteiger partial charge in [0.15, 0.2) is 5.78 Å². The predicted octanol–water partition coefficient (Wildman–Crippen LogP) is 15.9. The van der Waals surface area contributed by atoms with E-state index in [1.165, 1.54) is 65.6 Å². The number of nitrogens with zero attached hydrogens (tertiary/aromatic N) is 3. The van der Waals surface area contributed by atoms with Gasteiger partial charge >= 0.3 is 0 Å². The number of aliphatic hydroxyl groups excluding tert-OH is 1. The van der Waals surface area contributed by atoms with Crippen molar-refractivity contribution in [2.45, 2.75) is 53.4 Å². The number of carbonyl (C=O) groups is 1. The van der Waals surface area contributed by atoms with Crippen molar-refractivity contribution in [3.05, 3.63) is 211 Å². The summed E-state index contributed by atoms with van der Waals surface area (Å²) in [7, 11) is 0. The van der Waals surface area contributed by atoms with Crippen molar-refractivity contribution in [3.8, 4) is 50.6 Å². The van der Waals surface area contributed by atoms with Crippen LogP contribution in [0.4, 0.5) is 4.39 Å². The molecule has 3 heterocycles. The molecular formula is C59H51FIrN3O3-. The number of hydrogen-bond donors (Lipinski definition) is 1. The number of hydrogen-bond acceptors (Lipinski definition) is 5. The molecule has 0 amide bonds. The SMILES string of the molecule is CC(=O)/C=C(/C)O.CC(C)c1cc(-c2ccccc2)cc(C(C)C)c1-n1c(-c2[c-]ccc3c2oc2cc(-c4ccccc4)ccc23)nc2ccccc21.Fc1ccc(-c2ccccn2)cc1.[Ir]. The first-order valence-corrected chi connectivity index (χ1v) is 22.2. The van der Waals surface area contributed by atoms with Crippen LogP contribution in [0.2, 0.25) is 0 Å². The summed E-state index contributed by atoms with van der Waals surface area (Å²) < 4.78 is 21.7. The van der Waals surface area contributed by atoms with E-state index in [0.717, 1.165) is 61.2 Å². The second kappa shape index (κ2) is 21.4. The third-order valence-corrected chi connectivity index (χ3v) is 11.3. The van der Waals surface area contributed by atoms with Gasteiger partial charge in [-0.2, -0.15) is 0 Å². The molecule has 7 aromatic carbocycles. The maximum absolute atomic E-state index is 12.6. The average Bonchev–Trinajstić information content (AvgIpc) is 3.90. The summed E-state index contributed by atoms with van der Waals surface area (Å²) in [5.41, 5.74) is 14.9. The third-order valence-electron chi connectivity index (χ3n) is 11.3. The Morgan fingerprint density at radius 1 is 0.672 bits per heavy atom. The maximum atomic E-state index is 12.6. The molecule has 0 spiro atoms. The minimum Gasteiger partial charge on any atom is -0.512 e. The number of aromatic nitrogens is 3. The number of aliphatic hydroxyl groups is 1. The Balaban J connectivity index is 0.000000263. The van der Waals surface area contributed by atoms with E-state index in [4.69, 9.17) is 14.5 Å². The van der Waals surface area contributed by atoms with Crippen LogP contribution in [-0.2, 0) is 24.9 Å². The Hall–Kier alpha value is -7.25. The molecule has 337 valence electrons. The second-order valence-electron chi connectivity index (χ2n) is 16.8. The molecule has 3 aromatic heterocycles. The minimum atomic E-state index is -0.223. The topological polar surface area (TPSA) is 81.1 Å². The standard InChI is InChI=1S/C43H35N2O.C11H8FN.C5H8O2.Ir/c1-27(2)36-24-32(30-16-9-6-10-17-30)25-37(28(3)4)41(36)45-39-21-12-11-20-38(39)44-43(45)35-19-13-18-34-33-23-22-31(26-40(33)46-42(34)35)29-14-7-5-8-15-29;12-10-6-4-9(5-7-10)11-3-1-2-8-13-11;1-4(6)3-5(2)7;/h5-18,20-28H,1-4H3;1-8H;3,6H,1-2H3;/q-1;;;/b;;4-3-;. The molecular weight excluding hydrogens is 1010 g/mol. The zero-order valence-corrected chi connectivity index (χ0v) is 40.7. The van der Waals surface area contributed by atoms with Gasteiger partial charge in [0.05, 0.1) is 33.9 Å². The van der Waals surface area contributed by atoms with E-state index < -0.39 is 0 Å². The van der Waals surface area contributed by atoms with Crippen molar-refractivity contribution in [3.63, 3.8) is 0 Å². The van der Waals surface area contributed by atoms with Gasteiger partial charge in [0.1, 0.15) is 11.4 Å². The van der Waals surface area contributed by atoms with Gasteiger partial charge < -0.3 is 14.1 Å². The molecule has 67 heavy (non-hydrogen) atoms. The van der Waals surface area contributed by atoms with Gasteiger partial charge in [-0.15, -0.1) is 18.2 Å². The van der Waals surface area contributed by atoms with Crippen LogP contribution in [0, 0.1) is 11.9 Å². The minimum absolute atomic E-state index is 0. The first kappa shape index (κ1) is 47.7. The number of pyridine rings is 1. The molecule has 0 saturated heterocycles. The molecule has 1 N–H and O–H groups in total. The number of allylic oxidation sites excluding steroid dienone is 2. The number of carbonyl (C=O) groups excluding carboxylic acids is 1. The molecule has 0 unspecified atom stereocenters. The summed E-state index contributed by atoms with van der Waals surface area (Å²) in [5.74, 6) is 1.12. The number of halogens is 1. The maximum Gasteiger partial charge on any atom is 0.155 e. The molecule has 0 aliphatic rings. The fraction of sp³-hybridized carbons (Fsp3) is 0.136. The quantitative estimate of drug-likeness (QED) is 0.0931. The number of benzene rings is 7. The van der Waals surface area contributed by atoms with E-state index in [0.29, 0.717) is 0 Å². The first-order valence-electron chi connectivity index (χ1n) is 22.2. The summed E-state index contributed by atoms with van der Waals surface area (Å²) in [4.78, 5) is 19.5. The molecule has 10 aromatic rings. The molecule has 0 atom stereocenters. The van der Waals surface area contributed by atoms with Crippen molar-refractivity contribution in [2.24, 2.45) is 0 Å². The molecule has 1 radical (unpaired) electrons. The fourth-order valence-corrected chi connectivity index (χ4v) is 8.20. The van der Waals surface area contributed by atoms with Crippen molar-refractivity contribution in [1.82, 2.24) is 14.5 Å². The van der Waals surface area contributed by atoms with Gasteiger partial charge in [0.25, 0.3) is 0 Å². The molecule has 0 saturated carbocycles. The summed E-state index contributed by atoms with van der Waals surface area (Å²) in [6, 6.07) is 60.5. The van der Waals surface area contributed by atoms with Crippen LogP contribution < -0.4 is 0 Å². The Bertz CT molecular complexity index is 3270. The largest absolute Gasteiger partial charge is 0.512 e. The third kappa shape index (κ3) is 10.7. The van der Waals surface area contributed by atoms with Gasteiger partial charge in [0, 0.05) is 49.0 Å². The molecule has 0 aliphatic heterocycles. The van der Waals surface area contributed by atoms with E-state index >= 15 is 0 Å². The van der Waals surface area contributed by atoms with E-state index in [-0.39, 0.29) is 49.3 Å². The normalized spacial score (nSPS) is 11.3. The zero-order chi connectivity index (χ0) is 46.3. The van der Waals surface area contributed by atoms with Crippen LogP contribution in [0.5, 0.6) is 0 Å². The number of ketones is 1. The monoisotopic (exact) mass is 1060 g/mol. The van der Waals surface area contributed by atoms with Crippen molar-refractivity contribution in [2.75, 3.05) is 0 Å². The fourth-order valence-electron chi connectivity index (χ4n) is 8.20. The number of fused-ring (bicyclic) bond motifs is 4.